The zero-order valence-electron chi connectivity index (χ0n) is 21.1. The van der Waals surface area contributed by atoms with Crippen molar-refractivity contribution in [2.75, 3.05) is 20.0 Å². The van der Waals surface area contributed by atoms with Crippen molar-refractivity contribution in [3.8, 4) is 17.1 Å². The number of hydrogen-bond donors (Lipinski definition) is 1. The quantitative estimate of drug-likeness (QED) is 0.486. The molecule has 2 aliphatic rings. The van der Waals surface area contributed by atoms with E-state index in [4.69, 9.17) is 26.8 Å². The monoisotopic (exact) mass is 509 g/mol. The first-order chi connectivity index (χ1) is 17.3. The van der Waals surface area contributed by atoms with Gasteiger partial charge in [-0.3, -0.25) is 4.79 Å². The summed E-state index contributed by atoms with van der Waals surface area (Å²) in [5, 5.41) is 0.666. The standard InChI is InChI=1S/C27H32ClN5O3/c1-15(2)32-22(21-14-30-27(29)31-25(21)36-4)13-20-24(32)23(16-5-7-17(28)8-6-16)33(26(20)34)18-9-11-19(35-3)12-10-18/h5-8,13-15,18-19,23H,9-12H2,1-4H3,(H2,29,30,31)/t18-,19-,23?. The molecule has 3 heterocycles. The molecule has 2 N–H and O–H groups in total. The highest BCUT2D eigenvalue weighted by Gasteiger charge is 2.46. The number of halogens is 1. The number of nitrogen functional groups attached to an aromatic ring is 1. The fourth-order valence-electron chi connectivity index (χ4n) is 5.75. The van der Waals surface area contributed by atoms with Gasteiger partial charge in [0.25, 0.3) is 5.91 Å². The number of amides is 1. The van der Waals surface area contributed by atoms with E-state index < -0.39 is 0 Å². The molecular weight excluding hydrogens is 478 g/mol. The highest BCUT2D eigenvalue weighted by atomic mass is 35.5. The van der Waals surface area contributed by atoms with E-state index in [1.165, 1.54) is 0 Å². The molecule has 1 aliphatic carbocycles. The van der Waals surface area contributed by atoms with Gasteiger partial charge in [0.1, 0.15) is 0 Å². The number of carbonyl (C=O) groups excluding carboxylic acids is 1. The number of rotatable bonds is 6. The third kappa shape index (κ3) is 4.12. The molecule has 1 unspecified atom stereocenters. The molecule has 190 valence electrons. The van der Waals surface area contributed by atoms with Crippen LogP contribution in [0.25, 0.3) is 11.3 Å². The van der Waals surface area contributed by atoms with Crippen LogP contribution in [0.3, 0.4) is 0 Å². The first-order valence-corrected chi connectivity index (χ1v) is 12.7. The average molecular weight is 510 g/mol. The van der Waals surface area contributed by atoms with E-state index in [-0.39, 0.29) is 36.1 Å². The van der Waals surface area contributed by atoms with Gasteiger partial charge in [0, 0.05) is 30.4 Å². The molecule has 36 heavy (non-hydrogen) atoms. The maximum absolute atomic E-state index is 14.1. The maximum atomic E-state index is 14.1. The van der Waals surface area contributed by atoms with Crippen LogP contribution < -0.4 is 10.5 Å². The largest absolute Gasteiger partial charge is 0.480 e. The first kappa shape index (κ1) is 24.6. The topological polar surface area (TPSA) is 95.5 Å². The van der Waals surface area contributed by atoms with Crippen molar-refractivity contribution in [3.05, 3.63) is 58.4 Å². The summed E-state index contributed by atoms with van der Waals surface area (Å²) in [4.78, 5) is 24.7. The molecular formula is C27H32ClN5O3. The van der Waals surface area contributed by atoms with Gasteiger partial charge < -0.3 is 24.7 Å². The van der Waals surface area contributed by atoms with Crippen LogP contribution >= 0.6 is 11.6 Å². The number of hydrogen-bond acceptors (Lipinski definition) is 6. The SMILES string of the molecule is COc1nc(N)ncc1-c1cc2c(n1C(C)C)C(c1ccc(Cl)cc1)N([C@H]1CC[C@H](OC)CC1)C2=O. The van der Waals surface area contributed by atoms with Crippen LogP contribution in [0.2, 0.25) is 5.02 Å². The smallest absolute Gasteiger partial charge is 0.256 e. The number of ether oxygens (including phenoxy) is 2. The second-order valence-corrected chi connectivity index (χ2v) is 10.2. The number of nitrogens with two attached hydrogens (primary N) is 1. The molecule has 0 bridgehead atoms. The van der Waals surface area contributed by atoms with Crippen molar-refractivity contribution in [2.24, 2.45) is 0 Å². The summed E-state index contributed by atoms with van der Waals surface area (Å²) in [6.45, 7) is 4.23. The van der Waals surface area contributed by atoms with Crippen LogP contribution in [0.1, 0.15) is 73.2 Å². The summed E-state index contributed by atoms with van der Waals surface area (Å²) in [5.41, 5.74) is 10.1. The Kier molecular flexibility index (Phi) is 6.66. The van der Waals surface area contributed by atoms with Crippen molar-refractivity contribution in [1.82, 2.24) is 19.4 Å². The zero-order valence-corrected chi connectivity index (χ0v) is 21.8. The minimum Gasteiger partial charge on any atom is -0.480 e. The fourth-order valence-corrected chi connectivity index (χ4v) is 5.88. The Labute approximate surface area is 216 Å². The van der Waals surface area contributed by atoms with E-state index in [1.54, 1.807) is 20.4 Å². The number of fused-ring (bicyclic) bond motifs is 1. The van der Waals surface area contributed by atoms with Crippen molar-refractivity contribution in [2.45, 2.75) is 63.8 Å². The summed E-state index contributed by atoms with van der Waals surface area (Å²) in [5.74, 6) is 0.561. The van der Waals surface area contributed by atoms with Crippen LogP contribution in [-0.4, -0.2) is 51.7 Å². The lowest BCUT2D eigenvalue weighted by Crippen LogP contribution is -2.42. The minimum atomic E-state index is -0.231. The van der Waals surface area contributed by atoms with E-state index in [0.29, 0.717) is 22.0 Å². The molecule has 3 aromatic rings. The van der Waals surface area contributed by atoms with Crippen molar-refractivity contribution >= 4 is 23.5 Å². The number of carbonyl (C=O) groups is 1. The molecule has 9 heteroatoms. The van der Waals surface area contributed by atoms with Gasteiger partial charge in [0.15, 0.2) is 0 Å². The number of aromatic nitrogens is 3. The Morgan fingerprint density at radius 3 is 2.39 bits per heavy atom. The molecule has 5 rings (SSSR count). The van der Waals surface area contributed by atoms with Gasteiger partial charge >= 0.3 is 0 Å². The normalized spacial score (nSPS) is 21.8. The Hall–Kier alpha value is -3.10. The van der Waals surface area contributed by atoms with Gasteiger partial charge in [0.05, 0.1) is 41.8 Å². The molecule has 1 fully saturated rings. The summed E-state index contributed by atoms with van der Waals surface area (Å²) in [7, 11) is 3.32. The van der Waals surface area contributed by atoms with Gasteiger partial charge in [-0.1, -0.05) is 23.7 Å². The molecule has 1 atom stereocenters. The fraction of sp³-hybridized carbons (Fsp3) is 0.444. The maximum Gasteiger partial charge on any atom is 0.256 e. The molecule has 2 aromatic heterocycles. The third-order valence-electron chi connectivity index (χ3n) is 7.39. The third-order valence-corrected chi connectivity index (χ3v) is 7.64. The average Bonchev–Trinajstić information content (AvgIpc) is 3.39. The highest BCUT2D eigenvalue weighted by molar-refractivity contribution is 6.30. The van der Waals surface area contributed by atoms with Crippen LogP contribution in [0.15, 0.2) is 36.5 Å². The van der Waals surface area contributed by atoms with Gasteiger partial charge in [-0.15, -0.1) is 0 Å². The van der Waals surface area contributed by atoms with Crippen LogP contribution in [0, 0.1) is 0 Å². The molecule has 1 aliphatic heterocycles. The minimum absolute atomic E-state index is 0.0433. The summed E-state index contributed by atoms with van der Waals surface area (Å²) < 4.78 is 13.3. The number of benzene rings is 1. The van der Waals surface area contributed by atoms with E-state index in [0.717, 1.165) is 42.6 Å². The Morgan fingerprint density at radius 2 is 1.78 bits per heavy atom. The van der Waals surface area contributed by atoms with E-state index in [2.05, 4.69) is 33.3 Å². The molecule has 1 aromatic carbocycles. The lowest BCUT2D eigenvalue weighted by molar-refractivity contribution is 0.0295. The molecule has 0 radical (unpaired) electrons. The van der Waals surface area contributed by atoms with Gasteiger partial charge in [-0.2, -0.15) is 4.98 Å². The first-order valence-electron chi connectivity index (χ1n) is 12.4. The van der Waals surface area contributed by atoms with Crippen LogP contribution in [0.4, 0.5) is 5.95 Å². The number of nitrogens with zero attached hydrogens (tertiary/aromatic N) is 4. The second kappa shape index (κ2) is 9.75. The number of methoxy groups -OCH3 is 2. The van der Waals surface area contributed by atoms with Gasteiger partial charge in [-0.05, 0) is 63.3 Å². The lowest BCUT2D eigenvalue weighted by Gasteiger charge is -2.38. The molecule has 1 saturated carbocycles. The lowest BCUT2D eigenvalue weighted by atomic mass is 9.90. The van der Waals surface area contributed by atoms with Crippen LogP contribution in [-0.2, 0) is 4.74 Å². The molecule has 0 saturated heterocycles. The Balaban J connectivity index is 1.68. The Morgan fingerprint density at radius 1 is 1.08 bits per heavy atom. The van der Waals surface area contributed by atoms with Gasteiger partial charge in [-0.25, -0.2) is 4.98 Å². The summed E-state index contributed by atoms with van der Waals surface area (Å²) in [6, 6.07) is 9.75. The predicted molar refractivity (Wildman–Crippen MR) is 139 cm³/mol. The van der Waals surface area contributed by atoms with Gasteiger partial charge in [0.2, 0.25) is 11.8 Å². The second-order valence-electron chi connectivity index (χ2n) is 9.78. The number of anilines is 1. The summed E-state index contributed by atoms with van der Waals surface area (Å²) >= 11 is 6.24. The van der Waals surface area contributed by atoms with E-state index >= 15 is 0 Å². The highest BCUT2D eigenvalue weighted by Crippen LogP contribution is 2.47. The summed E-state index contributed by atoms with van der Waals surface area (Å²) in [6.07, 6.45) is 5.62. The van der Waals surface area contributed by atoms with Crippen LogP contribution in [0.5, 0.6) is 5.88 Å². The van der Waals surface area contributed by atoms with E-state index in [9.17, 15) is 4.79 Å². The Bertz CT molecular complexity index is 1270. The van der Waals surface area contributed by atoms with Crippen molar-refractivity contribution in [1.29, 1.82) is 0 Å². The van der Waals surface area contributed by atoms with Crippen molar-refractivity contribution < 1.29 is 14.3 Å². The molecule has 0 spiro atoms. The van der Waals surface area contributed by atoms with E-state index in [1.807, 2.05) is 30.3 Å². The molecule has 1 amide bonds. The predicted octanol–water partition coefficient (Wildman–Crippen LogP) is 5.27. The molecule has 8 nitrogen and oxygen atoms in total. The zero-order chi connectivity index (χ0) is 25.6. The van der Waals surface area contributed by atoms with Crippen molar-refractivity contribution in [3.63, 3.8) is 0 Å².